The number of fused-ring (bicyclic) bond motifs is 4. The molecule has 1 aromatic rings. The number of ether oxygens (including phenoxy) is 2. The minimum atomic E-state index is 0.100. The summed E-state index contributed by atoms with van der Waals surface area (Å²) in [5.41, 5.74) is 2.43. The summed E-state index contributed by atoms with van der Waals surface area (Å²) in [4.78, 5) is 15.1. The van der Waals surface area contributed by atoms with Crippen molar-refractivity contribution < 1.29 is 14.3 Å². The highest BCUT2D eigenvalue weighted by Gasteiger charge is 2.46. The number of nitrogens with one attached hydrogen (secondary N) is 1. The quantitative estimate of drug-likeness (QED) is 0.905. The van der Waals surface area contributed by atoms with Gasteiger partial charge >= 0.3 is 0 Å². The van der Waals surface area contributed by atoms with Crippen LogP contribution in [0.25, 0.3) is 0 Å². The number of benzene rings is 1. The molecule has 2 fully saturated rings. The predicted octanol–water partition coefficient (Wildman–Crippen LogP) is 1.90. The van der Waals surface area contributed by atoms with Gasteiger partial charge in [-0.15, -0.1) is 0 Å². The van der Waals surface area contributed by atoms with Crippen LogP contribution in [0.15, 0.2) is 12.1 Å². The van der Waals surface area contributed by atoms with Gasteiger partial charge in [-0.05, 0) is 43.9 Å². The summed E-state index contributed by atoms with van der Waals surface area (Å²) >= 11 is 0. The number of amides is 1. The van der Waals surface area contributed by atoms with E-state index in [1.165, 1.54) is 5.56 Å². The molecule has 0 saturated carbocycles. The summed E-state index contributed by atoms with van der Waals surface area (Å²) in [5.74, 6) is 2.01. The first-order valence-corrected chi connectivity index (χ1v) is 8.52. The molecule has 4 rings (SSSR count). The van der Waals surface area contributed by atoms with E-state index < -0.39 is 0 Å². The van der Waals surface area contributed by atoms with Crippen molar-refractivity contribution in [2.24, 2.45) is 5.92 Å². The molecule has 3 atom stereocenters. The Morgan fingerprint density at radius 1 is 1.26 bits per heavy atom. The van der Waals surface area contributed by atoms with E-state index in [2.05, 4.69) is 16.3 Å². The molecule has 1 aromatic carbocycles. The van der Waals surface area contributed by atoms with Crippen LogP contribution in [0.2, 0.25) is 0 Å². The van der Waals surface area contributed by atoms with Gasteiger partial charge in [0.2, 0.25) is 5.91 Å². The van der Waals surface area contributed by atoms with Crippen LogP contribution in [0.5, 0.6) is 11.5 Å². The SMILES string of the molecule is COc1ccc2c(c1OC)C1CC3NCCCC3C(=O)N1CC2. The molecular weight excluding hydrogens is 292 g/mol. The topological polar surface area (TPSA) is 50.8 Å². The number of nitrogens with zero attached hydrogens (tertiary/aromatic N) is 1. The number of carbonyl (C=O) groups excluding carboxylic acids is 1. The van der Waals surface area contributed by atoms with Crippen LogP contribution in [0.4, 0.5) is 0 Å². The third-order valence-electron chi connectivity index (χ3n) is 5.67. The van der Waals surface area contributed by atoms with Crippen molar-refractivity contribution in [1.29, 1.82) is 0 Å². The smallest absolute Gasteiger partial charge is 0.227 e. The number of methoxy groups -OCH3 is 2. The van der Waals surface area contributed by atoms with E-state index in [1.54, 1.807) is 14.2 Å². The van der Waals surface area contributed by atoms with Crippen molar-refractivity contribution >= 4 is 5.91 Å². The Hall–Kier alpha value is -1.75. The molecule has 0 spiro atoms. The predicted molar refractivity (Wildman–Crippen MR) is 86.8 cm³/mol. The second-order valence-corrected chi connectivity index (χ2v) is 6.72. The normalized spacial score (nSPS) is 29.4. The zero-order valence-electron chi connectivity index (χ0n) is 13.8. The van der Waals surface area contributed by atoms with Gasteiger partial charge in [0.1, 0.15) is 0 Å². The van der Waals surface area contributed by atoms with Gasteiger partial charge in [0, 0.05) is 18.2 Å². The second-order valence-electron chi connectivity index (χ2n) is 6.72. The third kappa shape index (κ3) is 2.21. The Balaban J connectivity index is 1.78. The van der Waals surface area contributed by atoms with E-state index in [0.29, 0.717) is 11.9 Å². The highest BCUT2D eigenvalue weighted by molar-refractivity contribution is 5.82. The van der Waals surface area contributed by atoms with Crippen LogP contribution in [0.3, 0.4) is 0 Å². The van der Waals surface area contributed by atoms with Crippen LogP contribution in [-0.2, 0) is 11.2 Å². The maximum absolute atomic E-state index is 13.0. The molecular formula is C18H24N2O3. The maximum atomic E-state index is 13.0. The van der Waals surface area contributed by atoms with Gasteiger partial charge in [0.05, 0.1) is 26.2 Å². The average Bonchev–Trinajstić information content (AvgIpc) is 2.60. The lowest BCUT2D eigenvalue weighted by Gasteiger charge is -2.48. The van der Waals surface area contributed by atoms with Crippen LogP contribution < -0.4 is 14.8 Å². The molecule has 0 radical (unpaired) electrons. The molecule has 5 nitrogen and oxygen atoms in total. The van der Waals surface area contributed by atoms with E-state index in [-0.39, 0.29) is 12.0 Å². The molecule has 0 aliphatic carbocycles. The average molecular weight is 316 g/mol. The van der Waals surface area contributed by atoms with Gasteiger partial charge < -0.3 is 19.7 Å². The minimum Gasteiger partial charge on any atom is -0.493 e. The molecule has 3 aliphatic rings. The van der Waals surface area contributed by atoms with Crippen molar-refractivity contribution in [2.75, 3.05) is 27.3 Å². The van der Waals surface area contributed by atoms with Gasteiger partial charge in [-0.25, -0.2) is 0 Å². The fourth-order valence-electron chi connectivity index (χ4n) is 4.59. The fraction of sp³-hybridized carbons (Fsp3) is 0.611. The Morgan fingerprint density at radius 2 is 2.13 bits per heavy atom. The molecule has 5 heteroatoms. The number of piperidine rings is 2. The summed E-state index contributed by atoms with van der Waals surface area (Å²) in [6, 6.07) is 4.49. The molecule has 2 saturated heterocycles. The number of rotatable bonds is 2. The van der Waals surface area contributed by atoms with E-state index >= 15 is 0 Å². The summed E-state index contributed by atoms with van der Waals surface area (Å²) in [6.45, 7) is 1.83. The number of carbonyl (C=O) groups is 1. The molecule has 23 heavy (non-hydrogen) atoms. The first-order valence-electron chi connectivity index (χ1n) is 8.52. The van der Waals surface area contributed by atoms with Gasteiger partial charge in [-0.1, -0.05) is 6.07 Å². The molecule has 0 bridgehead atoms. The van der Waals surface area contributed by atoms with Crippen molar-refractivity contribution in [2.45, 2.75) is 37.8 Å². The standard InChI is InChI=1S/C18H24N2O3/c1-22-15-6-5-11-7-9-20-14(16(11)17(15)23-2)10-13-12(18(20)21)4-3-8-19-13/h5-6,12-14,19H,3-4,7-10H2,1-2H3. The Kier molecular flexibility index (Phi) is 3.68. The summed E-state index contributed by atoms with van der Waals surface area (Å²) in [7, 11) is 3.35. The highest BCUT2D eigenvalue weighted by atomic mass is 16.5. The molecule has 3 unspecified atom stereocenters. The molecule has 1 N–H and O–H groups in total. The number of hydrogen-bond donors (Lipinski definition) is 1. The van der Waals surface area contributed by atoms with E-state index in [9.17, 15) is 4.79 Å². The van der Waals surface area contributed by atoms with Crippen LogP contribution in [0.1, 0.15) is 36.4 Å². The lowest BCUT2D eigenvalue weighted by Crippen LogP contribution is -2.57. The summed E-state index contributed by atoms with van der Waals surface area (Å²) in [5, 5.41) is 3.56. The summed E-state index contributed by atoms with van der Waals surface area (Å²) < 4.78 is 11.1. The van der Waals surface area contributed by atoms with Gasteiger partial charge in [-0.3, -0.25) is 4.79 Å². The van der Waals surface area contributed by atoms with Crippen molar-refractivity contribution in [3.63, 3.8) is 0 Å². The Labute approximate surface area is 136 Å². The highest BCUT2D eigenvalue weighted by Crippen LogP contribution is 2.47. The Bertz CT molecular complexity index is 631. The van der Waals surface area contributed by atoms with Crippen LogP contribution in [-0.4, -0.2) is 44.2 Å². The van der Waals surface area contributed by atoms with Crippen molar-refractivity contribution in [3.8, 4) is 11.5 Å². The second kappa shape index (κ2) is 5.71. The third-order valence-corrected chi connectivity index (χ3v) is 5.67. The van der Waals surface area contributed by atoms with Crippen molar-refractivity contribution in [1.82, 2.24) is 10.2 Å². The number of hydrogen-bond acceptors (Lipinski definition) is 4. The zero-order chi connectivity index (χ0) is 16.0. The van der Waals surface area contributed by atoms with Crippen LogP contribution >= 0.6 is 0 Å². The zero-order valence-corrected chi connectivity index (χ0v) is 13.8. The Morgan fingerprint density at radius 3 is 2.91 bits per heavy atom. The largest absolute Gasteiger partial charge is 0.493 e. The van der Waals surface area contributed by atoms with Crippen LogP contribution in [0, 0.1) is 5.92 Å². The lowest BCUT2D eigenvalue weighted by atomic mass is 9.76. The van der Waals surface area contributed by atoms with Gasteiger partial charge in [-0.2, -0.15) is 0 Å². The van der Waals surface area contributed by atoms with Gasteiger partial charge in [0.15, 0.2) is 11.5 Å². The first-order chi connectivity index (χ1) is 11.2. The van der Waals surface area contributed by atoms with Gasteiger partial charge in [0.25, 0.3) is 0 Å². The fourth-order valence-corrected chi connectivity index (χ4v) is 4.59. The van der Waals surface area contributed by atoms with E-state index in [4.69, 9.17) is 9.47 Å². The minimum absolute atomic E-state index is 0.100. The first kappa shape index (κ1) is 14.8. The molecule has 3 aliphatic heterocycles. The molecule has 0 aromatic heterocycles. The van der Waals surface area contributed by atoms with E-state index in [1.807, 2.05) is 6.07 Å². The summed E-state index contributed by atoms with van der Waals surface area (Å²) in [6.07, 6.45) is 3.97. The monoisotopic (exact) mass is 316 g/mol. The lowest BCUT2D eigenvalue weighted by molar-refractivity contribution is -0.145. The maximum Gasteiger partial charge on any atom is 0.227 e. The van der Waals surface area contributed by atoms with Crippen molar-refractivity contribution in [3.05, 3.63) is 23.3 Å². The van der Waals surface area contributed by atoms with E-state index in [0.717, 1.165) is 55.8 Å². The molecule has 3 heterocycles. The molecule has 124 valence electrons. The molecule has 1 amide bonds.